The minimum Gasteiger partial charge on any atom is -0.508 e. The Balaban J connectivity index is 1.79. The topological polar surface area (TPSA) is 196 Å². The summed E-state index contributed by atoms with van der Waals surface area (Å²) < 4.78 is 0. The molecule has 6 rings (SSSR count). The van der Waals surface area contributed by atoms with Gasteiger partial charge in [-0.15, -0.1) is 0 Å². The number of hydrogen-bond donors (Lipinski definition) is 8. The normalized spacial score (nSPS) is 18.2. The van der Waals surface area contributed by atoms with Crippen LogP contribution in [0.25, 0.3) is 0 Å². The molecule has 0 aliphatic heterocycles. The van der Waals surface area contributed by atoms with Gasteiger partial charge in [-0.05, 0) is 70.5 Å². The molecule has 0 saturated carbocycles. The van der Waals surface area contributed by atoms with Crippen molar-refractivity contribution in [2.75, 3.05) is 0 Å². The lowest BCUT2D eigenvalue weighted by molar-refractivity contribution is 0.101. The Morgan fingerprint density at radius 2 is 0.795 bits per heavy atom. The highest BCUT2D eigenvalue weighted by molar-refractivity contribution is 6.18. The lowest BCUT2D eigenvalue weighted by Crippen LogP contribution is -2.30. The average molecular weight is 599 g/mol. The van der Waals surface area contributed by atoms with Crippen molar-refractivity contribution in [3.63, 3.8) is 0 Å². The molecule has 226 valence electrons. The molecule has 4 atom stereocenters. The second-order valence-electron chi connectivity index (χ2n) is 11.3. The van der Waals surface area contributed by atoms with Gasteiger partial charge in [0.25, 0.3) is 0 Å². The van der Waals surface area contributed by atoms with Gasteiger partial charge < -0.3 is 40.9 Å². The van der Waals surface area contributed by atoms with Gasteiger partial charge in [0.05, 0.1) is 34.5 Å². The van der Waals surface area contributed by atoms with E-state index in [-0.39, 0.29) is 80.0 Å². The van der Waals surface area contributed by atoms with Crippen LogP contribution in [0.1, 0.15) is 116 Å². The van der Waals surface area contributed by atoms with Crippen molar-refractivity contribution in [1.82, 2.24) is 0 Å². The van der Waals surface area contributed by atoms with Gasteiger partial charge in [0.15, 0.2) is 0 Å². The van der Waals surface area contributed by atoms with Crippen molar-refractivity contribution in [3.8, 4) is 34.5 Å². The molecule has 0 heterocycles. The molecular formula is C34H30O10. The summed E-state index contributed by atoms with van der Waals surface area (Å²) in [5, 5.41) is 86.9. The van der Waals surface area contributed by atoms with E-state index in [9.17, 15) is 50.4 Å². The highest BCUT2D eigenvalue weighted by Crippen LogP contribution is 2.57. The summed E-state index contributed by atoms with van der Waals surface area (Å²) in [4.78, 5) is 27.7. The van der Waals surface area contributed by atoms with Crippen molar-refractivity contribution < 1.29 is 50.4 Å². The fourth-order valence-electron chi connectivity index (χ4n) is 6.74. The fourth-order valence-corrected chi connectivity index (χ4v) is 6.74. The van der Waals surface area contributed by atoms with E-state index in [4.69, 9.17) is 0 Å². The third-order valence-electron chi connectivity index (χ3n) is 8.73. The number of aliphatic hydroxyl groups is 2. The number of phenols is 6. The first-order valence-corrected chi connectivity index (χ1v) is 14.2. The van der Waals surface area contributed by atoms with Crippen LogP contribution in [0.4, 0.5) is 0 Å². The van der Waals surface area contributed by atoms with E-state index in [2.05, 4.69) is 0 Å². The zero-order valence-electron chi connectivity index (χ0n) is 23.7. The van der Waals surface area contributed by atoms with E-state index in [0.717, 1.165) is 12.1 Å². The highest BCUT2D eigenvalue weighted by atomic mass is 16.3. The summed E-state index contributed by atoms with van der Waals surface area (Å²) in [5.74, 6) is -6.56. The molecule has 10 nitrogen and oxygen atoms in total. The number of ketones is 2. The number of carbonyl (C=O) groups is 2. The summed E-state index contributed by atoms with van der Waals surface area (Å²) in [6, 6.07) is 10.1. The predicted octanol–water partition coefficient (Wildman–Crippen LogP) is 4.86. The van der Waals surface area contributed by atoms with Crippen LogP contribution in [0, 0.1) is 0 Å². The molecule has 0 bridgehead atoms. The predicted molar refractivity (Wildman–Crippen MR) is 157 cm³/mol. The zero-order chi connectivity index (χ0) is 31.8. The molecule has 0 radical (unpaired) electrons. The summed E-state index contributed by atoms with van der Waals surface area (Å²) in [6.45, 7) is 3.45. The third-order valence-corrected chi connectivity index (χ3v) is 8.73. The maximum absolute atomic E-state index is 13.9. The van der Waals surface area contributed by atoms with Crippen LogP contribution >= 0.6 is 0 Å². The van der Waals surface area contributed by atoms with E-state index < -0.39 is 58.6 Å². The Morgan fingerprint density at radius 3 is 1.11 bits per heavy atom. The molecule has 0 spiro atoms. The maximum atomic E-state index is 13.9. The van der Waals surface area contributed by atoms with Crippen LogP contribution in [0.2, 0.25) is 0 Å². The van der Waals surface area contributed by atoms with Gasteiger partial charge in [-0.25, -0.2) is 0 Å². The van der Waals surface area contributed by atoms with Crippen molar-refractivity contribution in [2.24, 2.45) is 0 Å². The van der Waals surface area contributed by atoms with E-state index in [0.29, 0.717) is 0 Å². The smallest absolute Gasteiger partial charge is 0.201 e. The van der Waals surface area contributed by atoms with Gasteiger partial charge in [-0.1, -0.05) is 26.0 Å². The quantitative estimate of drug-likeness (QED) is 0.157. The fraction of sp³-hybridized carbons (Fsp3) is 0.235. The molecule has 44 heavy (non-hydrogen) atoms. The van der Waals surface area contributed by atoms with Crippen LogP contribution in [0.3, 0.4) is 0 Å². The molecule has 0 amide bonds. The Labute approximate surface area is 251 Å². The van der Waals surface area contributed by atoms with Gasteiger partial charge in [-0.2, -0.15) is 0 Å². The van der Waals surface area contributed by atoms with Crippen LogP contribution in [-0.4, -0.2) is 52.4 Å². The molecule has 4 aromatic rings. The maximum Gasteiger partial charge on any atom is 0.201 e. The third kappa shape index (κ3) is 4.17. The van der Waals surface area contributed by atoms with Gasteiger partial charge in [0.2, 0.25) is 11.6 Å². The largest absolute Gasteiger partial charge is 0.508 e. The van der Waals surface area contributed by atoms with Gasteiger partial charge in [0.1, 0.15) is 34.5 Å². The minimum atomic E-state index is -1.11. The molecule has 0 saturated heterocycles. The van der Waals surface area contributed by atoms with Gasteiger partial charge in [0, 0.05) is 24.0 Å². The van der Waals surface area contributed by atoms with Crippen LogP contribution in [-0.2, 0) is 0 Å². The first-order valence-electron chi connectivity index (χ1n) is 14.2. The van der Waals surface area contributed by atoms with Crippen molar-refractivity contribution in [1.29, 1.82) is 0 Å². The Hall–Kier alpha value is -5.06. The Bertz CT molecular complexity index is 1760. The summed E-state index contributed by atoms with van der Waals surface area (Å²) >= 11 is 0. The van der Waals surface area contributed by atoms with Crippen molar-refractivity contribution in [3.05, 3.63) is 104 Å². The number of aliphatic hydroxyl groups excluding tert-OH is 2. The molecule has 2 aliphatic rings. The Morgan fingerprint density at radius 1 is 0.500 bits per heavy atom. The number of benzene rings is 4. The highest BCUT2D eigenvalue weighted by Gasteiger charge is 2.46. The second-order valence-corrected chi connectivity index (χ2v) is 11.3. The number of fused-ring (bicyclic) bond motifs is 4. The molecule has 0 aromatic heterocycles. The molecule has 0 unspecified atom stereocenters. The molecule has 4 aromatic carbocycles. The number of hydrogen-bond acceptors (Lipinski definition) is 10. The van der Waals surface area contributed by atoms with E-state index >= 15 is 0 Å². The average Bonchev–Trinajstić information content (AvgIpc) is 2.96. The number of rotatable bonds is 5. The molecule has 8 N–H and O–H groups in total. The Kier molecular flexibility index (Phi) is 6.79. The minimum absolute atomic E-state index is 0.0996. The number of carbonyl (C=O) groups excluding carboxylic acids is 2. The van der Waals surface area contributed by atoms with E-state index in [1.54, 1.807) is 13.8 Å². The van der Waals surface area contributed by atoms with E-state index in [1.807, 2.05) is 0 Å². The van der Waals surface area contributed by atoms with Gasteiger partial charge >= 0.3 is 0 Å². The monoisotopic (exact) mass is 598 g/mol. The first-order chi connectivity index (χ1) is 20.9. The lowest BCUT2D eigenvalue weighted by Gasteiger charge is -2.39. The summed E-state index contributed by atoms with van der Waals surface area (Å²) in [5.41, 5.74) is 0.283. The number of aromatic hydroxyl groups is 6. The van der Waals surface area contributed by atoms with Crippen LogP contribution in [0.5, 0.6) is 34.5 Å². The second kappa shape index (κ2) is 10.3. The molecule has 0 fully saturated rings. The molecule has 10 heteroatoms. The lowest BCUT2D eigenvalue weighted by atomic mass is 9.63. The SMILES string of the molecule is CC[C@H](O)c1cc(O)c2c(c1)[C@H]([C@H]1c3cc(O)cc(O)c3C(=O)c3c(O)cc([C@@H](O)CC)cc31)c1cc(O)cc(O)c1C2=O. The number of phenolic OH excluding ortho intramolecular Hbond substituents is 6. The first kappa shape index (κ1) is 29.0. The van der Waals surface area contributed by atoms with Crippen LogP contribution in [0.15, 0.2) is 48.5 Å². The van der Waals surface area contributed by atoms with Crippen LogP contribution < -0.4 is 0 Å². The zero-order valence-corrected chi connectivity index (χ0v) is 23.7. The van der Waals surface area contributed by atoms with Crippen molar-refractivity contribution in [2.45, 2.75) is 50.7 Å². The van der Waals surface area contributed by atoms with E-state index in [1.165, 1.54) is 36.4 Å². The van der Waals surface area contributed by atoms with Gasteiger partial charge in [-0.3, -0.25) is 9.59 Å². The molecule has 2 aliphatic carbocycles. The summed E-state index contributed by atoms with van der Waals surface area (Å²) in [6.07, 6.45) is -1.52. The standard InChI is InChI=1S/C34H30O10/c1-3-21(37)13-5-17-27(19-9-15(35)11-25(41)31(19)33(43)29(17)23(39)7-13)28-18-6-14(22(38)4-2)8-24(40)30(18)34(44)32-20(28)10-16(36)12-26(32)42/h5-12,21-22,27-28,35-42H,3-4H2,1-2H3/t21-,22-,27-,28+/m0/s1. The summed E-state index contributed by atoms with van der Waals surface area (Å²) in [7, 11) is 0. The molecular weight excluding hydrogens is 568 g/mol. The van der Waals surface area contributed by atoms with Crippen molar-refractivity contribution >= 4 is 11.6 Å².